The van der Waals surface area contributed by atoms with Crippen molar-refractivity contribution in [1.82, 2.24) is 4.98 Å². The van der Waals surface area contributed by atoms with Crippen LogP contribution < -0.4 is 5.32 Å². The number of carbonyl (C=O) groups is 1. The average molecular weight is 299 g/mol. The van der Waals surface area contributed by atoms with E-state index in [9.17, 15) is 4.79 Å². The Balaban J connectivity index is 1.87. The zero-order valence-electron chi connectivity index (χ0n) is 11.8. The van der Waals surface area contributed by atoms with Gasteiger partial charge in [0.25, 0.3) is 5.91 Å². The molecular weight excluding hydrogens is 284 g/mol. The van der Waals surface area contributed by atoms with Gasteiger partial charge in [0.15, 0.2) is 0 Å². The topological polar surface area (TPSA) is 44.9 Å². The van der Waals surface area contributed by atoms with Crippen LogP contribution in [0.5, 0.6) is 0 Å². The molecule has 0 atom stereocenters. The van der Waals surface area contributed by atoms with Gasteiger partial charge < -0.3 is 10.3 Å². The van der Waals surface area contributed by atoms with Crippen LogP contribution in [0.1, 0.15) is 21.6 Å². The minimum absolute atomic E-state index is 0.177. The summed E-state index contributed by atoms with van der Waals surface area (Å²) >= 11 is 6.07. The highest BCUT2D eigenvalue weighted by Crippen LogP contribution is 2.21. The van der Waals surface area contributed by atoms with E-state index in [1.54, 1.807) is 6.07 Å². The van der Waals surface area contributed by atoms with Crippen molar-refractivity contribution in [3.05, 3.63) is 64.3 Å². The predicted octanol–water partition coefficient (Wildman–Crippen LogP) is 4.69. The van der Waals surface area contributed by atoms with Crippen molar-refractivity contribution in [3.63, 3.8) is 0 Å². The van der Waals surface area contributed by atoms with Crippen molar-refractivity contribution in [3.8, 4) is 0 Å². The van der Waals surface area contributed by atoms with Crippen LogP contribution in [0.2, 0.25) is 5.02 Å². The maximum absolute atomic E-state index is 12.3. The quantitative estimate of drug-likeness (QED) is 0.708. The van der Waals surface area contributed by atoms with Gasteiger partial charge in [-0.25, -0.2) is 0 Å². The lowest BCUT2D eigenvalue weighted by Gasteiger charge is -2.05. The number of halogens is 1. The highest BCUT2D eigenvalue weighted by molar-refractivity contribution is 6.31. The van der Waals surface area contributed by atoms with Crippen LogP contribution in [0, 0.1) is 13.8 Å². The van der Waals surface area contributed by atoms with Gasteiger partial charge in [0.05, 0.1) is 0 Å². The predicted molar refractivity (Wildman–Crippen MR) is 87.2 cm³/mol. The number of aromatic amines is 1. The highest BCUT2D eigenvalue weighted by Gasteiger charge is 2.10. The van der Waals surface area contributed by atoms with Crippen LogP contribution in [0.15, 0.2) is 42.5 Å². The number of H-pyrrole nitrogens is 1. The zero-order chi connectivity index (χ0) is 15.0. The summed E-state index contributed by atoms with van der Waals surface area (Å²) in [5.74, 6) is -0.177. The molecule has 1 aromatic heterocycles. The number of hydrogen-bond acceptors (Lipinski definition) is 1. The smallest absolute Gasteiger partial charge is 0.272 e. The molecule has 0 saturated heterocycles. The lowest BCUT2D eigenvalue weighted by atomic mass is 10.2. The number of aryl methyl sites for hydroxylation is 2. The van der Waals surface area contributed by atoms with Crippen molar-refractivity contribution in [1.29, 1.82) is 0 Å². The monoisotopic (exact) mass is 298 g/mol. The van der Waals surface area contributed by atoms with Gasteiger partial charge in [-0.3, -0.25) is 4.79 Å². The number of nitrogens with one attached hydrogen (secondary N) is 2. The van der Waals surface area contributed by atoms with E-state index in [-0.39, 0.29) is 5.91 Å². The van der Waals surface area contributed by atoms with E-state index >= 15 is 0 Å². The largest absolute Gasteiger partial charge is 0.351 e. The molecule has 3 aromatic rings. The second-order valence-corrected chi connectivity index (χ2v) is 5.60. The molecule has 0 radical (unpaired) electrons. The van der Waals surface area contributed by atoms with Gasteiger partial charge in [-0.15, -0.1) is 0 Å². The third kappa shape index (κ3) is 2.78. The molecule has 3 rings (SSSR count). The molecule has 0 spiro atoms. The van der Waals surface area contributed by atoms with Gasteiger partial charge in [0.1, 0.15) is 5.69 Å². The molecule has 0 saturated carbocycles. The van der Waals surface area contributed by atoms with E-state index in [4.69, 9.17) is 11.6 Å². The third-order valence-electron chi connectivity index (χ3n) is 3.45. The van der Waals surface area contributed by atoms with Gasteiger partial charge in [-0.2, -0.15) is 0 Å². The van der Waals surface area contributed by atoms with Gasteiger partial charge in [0, 0.05) is 21.6 Å². The first kappa shape index (κ1) is 13.7. The maximum atomic E-state index is 12.3. The summed E-state index contributed by atoms with van der Waals surface area (Å²) in [6, 6.07) is 13.4. The second-order valence-electron chi connectivity index (χ2n) is 5.19. The molecular formula is C17H15ClN2O. The van der Waals surface area contributed by atoms with Crippen LogP contribution in [-0.4, -0.2) is 10.9 Å². The fourth-order valence-electron chi connectivity index (χ4n) is 2.24. The minimum Gasteiger partial charge on any atom is -0.351 e. The van der Waals surface area contributed by atoms with Crippen LogP contribution >= 0.6 is 11.6 Å². The maximum Gasteiger partial charge on any atom is 0.272 e. The summed E-state index contributed by atoms with van der Waals surface area (Å²) in [5.41, 5.74) is 4.32. The van der Waals surface area contributed by atoms with Crippen LogP contribution in [0.4, 0.5) is 5.69 Å². The first-order valence-electron chi connectivity index (χ1n) is 6.70. The number of carbonyl (C=O) groups excluding carboxylic acids is 1. The Morgan fingerprint density at radius 2 is 1.90 bits per heavy atom. The molecule has 0 unspecified atom stereocenters. The molecule has 21 heavy (non-hydrogen) atoms. The van der Waals surface area contributed by atoms with Crippen LogP contribution in [0.3, 0.4) is 0 Å². The third-order valence-corrected chi connectivity index (χ3v) is 3.86. The molecule has 3 nitrogen and oxygen atoms in total. The highest BCUT2D eigenvalue weighted by atomic mass is 35.5. The number of fused-ring (bicyclic) bond motifs is 1. The van der Waals surface area contributed by atoms with Gasteiger partial charge in [-0.1, -0.05) is 29.3 Å². The summed E-state index contributed by atoms with van der Waals surface area (Å²) < 4.78 is 0. The number of aromatic nitrogens is 1. The second kappa shape index (κ2) is 5.26. The lowest BCUT2D eigenvalue weighted by molar-refractivity contribution is 0.102. The van der Waals surface area contributed by atoms with Gasteiger partial charge in [0.2, 0.25) is 0 Å². The zero-order valence-corrected chi connectivity index (χ0v) is 12.6. The van der Waals surface area contributed by atoms with E-state index in [1.165, 1.54) is 5.56 Å². The Morgan fingerprint density at radius 1 is 1.10 bits per heavy atom. The molecule has 4 heteroatoms. The number of rotatable bonds is 2. The summed E-state index contributed by atoms with van der Waals surface area (Å²) in [5, 5.41) is 4.52. The fourth-order valence-corrected chi connectivity index (χ4v) is 2.42. The van der Waals surface area contributed by atoms with Crippen LogP contribution in [-0.2, 0) is 0 Å². The van der Waals surface area contributed by atoms with Gasteiger partial charge in [-0.05, 0) is 49.7 Å². The molecule has 0 aliphatic carbocycles. The average Bonchev–Trinajstić information content (AvgIpc) is 2.86. The van der Waals surface area contributed by atoms with E-state index in [1.807, 2.05) is 50.2 Å². The van der Waals surface area contributed by atoms with Gasteiger partial charge >= 0.3 is 0 Å². The molecule has 2 N–H and O–H groups in total. The SMILES string of the molecule is Cc1ccc2[nH]c(C(=O)Nc3ccc(C)c(Cl)c3)cc2c1. The Labute approximate surface area is 127 Å². The molecule has 0 bridgehead atoms. The molecule has 106 valence electrons. The van der Waals surface area contributed by atoms with Crippen molar-refractivity contribution in [2.75, 3.05) is 5.32 Å². The number of hydrogen-bond donors (Lipinski definition) is 2. The number of anilines is 1. The standard InChI is InChI=1S/C17H15ClN2O/c1-10-3-6-15-12(7-10)8-16(20-15)17(21)19-13-5-4-11(2)14(18)9-13/h3-9,20H,1-2H3,(H,19,21). The Bertz CT molecular complexity index is 836. The minimum atomic E-state index is -0.177. The normalized spacial score (nSPS) is 10.8. The number of amides is 1. The van der Waals surface area contributed by atoms with E-state index in [2.05, 4.69) is 10.3 Å². The first-order chi connectivity index (χ1) is 10.0. The van der Waals surface area contributed by atoms with Crippen molar-refractivity contribution in [2.45, 2.75) is 13.8 Å². The van der Waals surface area contributed by atoms with Crippen LogP contribution in [0.25, 0.3) is 10.9 Å². The Morgan fingerprint density at radius 3 is 2.67 bits per heavy atom. The Kier molecular flexibility index (Phi) is 3.43. The Hall–Kier alpha value is -2.26. The molecule has 2 aromatic carbocycles. The van der Waals surface area contributed by atoms with Crippen molar-refractivity contribution in [2.24, 2.45) is 0 Å². The molecule has 1 amide bonds. The van der Waals surface area contributed by atoms with Crippen molar-refractivity contribution >= 4 is 34.1 Å². The van der Waals surface area contributed by atoms with E-state index in [0.717, 1.165) is 16.5 Å². The van der Waals surface area contributed by atoms with Crippen molar-refractivity contribution < 1.29 is 4.79 Å². The summed E-state index contributed by atoms with van der Waals surface area (Å²) in [7, 11) is 0. The molecule has 0 aliphatic rings. The van der Waals surface area contributed by atoms with E-state index < -0.39 is 0 Å². The molecule has 0 fully saturated rings. The first-order valence-corrected chi connectivity index (χ1v) is 7.07. The van der Waals surface area contributed by atoms with E-state index in [0.29, 0.717) is 16.4 Å². The molecule has 1 heterocycles. The summed E-state index contributed by atoms with van der Waals surface area (Å²) in [6.07, 6.45) is 0. The fraction of sp³-hybridized carbons (Fsp3) is 0.118. The number of benzene rings is 2. The molecule has 0 aliphatic heterocycles. The lowest BCUT2D eigenvalue weighted by Crippen LogP contribution is -2.12. The summed E-state index contributed by atoms with van der Waals surface area (Å²) in [4.78, 5) is 15.4. The summed E-state index contributed by atoms with van der Waals surface area (Å²) in [6.45, 7) is 3.95.